The average Bonchev–Trinajstić information content (AvgIpc) is 2.48. The van der Waals surface area contributed by atoms with E-state index in [-0.39, 0.29) is 5.97 Å². The lowest BCUT2D eigenvalue weighted by atomic mass is 9.84. The number of carbonyl (C=O) groups is 2. The van der Waals surface area contributed by atoms with Crippen LogP contribution in [0.1, 0.15) is 37.5 Å². The summed E-state index contributed by atoms with van der Waals surface area (Å²) in [5.41, 5.74) is 2.84. The predicted octanol–water partition coefficient (Wildman–Crippen LogP) is 2.72. The number of nitrogens with zero attached hydrogens (tertiary/aromatic N) is 1. The van der Waals surface area contributed by atoms with E-state index in [9.17, 15) is 9.59 Å². The number of fused-ring (bicyclic) bond motifs is 3. The molecule has 1 heterocycles. The minimum absolute atomic E-state index is 0.371. The van der Waals surface area contributed by atoms with Crippen molar-refractivity contribution < 1.29 is 19.1 Å². The van der Waals surface area contributed by atoms with Gasteiger partial charge in [0.15, 0.2) is 6.10 Å². The summed E-state index contributed by atoms with van der Waals surface area (Å²) >= 11 is 0. The highest BCUT2D eigenvalue weighted by Crippen LogP contribution is 2.38. The lowest BCUT2D eigenvalue weighted by Gasteiger charge is -2.33. The molecule has 114 valence electrons. The zero-order valence-corrected chi connectivity index (χ0v) is 12.5. The second kappa shape index (κ2) is 5.75. The lowest BCUT2D eigenvalue weighted by Crippen LogP contribution is -2.32. The standard InChI is InChI=1S/C17H17NO4/c1-10(19)21-15-8-6-12-5-7-14-13(4-3-9-18-14)16(12)17(15)22-11(2)20/h3-5,7,9,15,17H,6,8H2,1-2H3. The van der Waals surface area contributed by atoms with Gasteiger partial charge in [0.25, 0.3) is 0 Å². The fraction of sp³-hybridized carbons (Fsp3) is 0.353. The van der Waals surface area contributed by atoms with Crippen molar-refractivity contribution in [1.82, 2.24) is 4.98 Å². The lowest BCUT2D eigenvalue weighted by molar-refractivity contribution is -0.167. The van der Waals surface area contributed by atoms with Gasteiger partial charge < -0.3 is 9.47 Å². The summed E-state index contributed by atoms with van der Waals surface area (Å²) in [6, 6.07) is 7.77. The Balaban J connectivity index is 2.14. The summed E-state index contributed by atoms with van der Waals surface area (Å²) in [7, 11) is 0. The maximum atomic E-state index is 11.5. The van der Waals surface area contributed by atoms with Crippen LogP contribution in [0, 0.1) is 0 Å². The van der Waals surface area contributed by atoms with Crippen LogP contribution in [0.3, 0.4) is 0 Å². The molecule has 1 aromatic carbocycles. The second-order valence-electron chi connectivity index (χ2n) is 5.43. The Morgan fingerprint density at radius 3 is 2.64 bits per heavy atom. The van der Waals surface area contributed by atoms with Gasteiger partial charge in [0.1, 0.15) is 6.10 Å². The van der Waals surface area contributed by atoms with Gasteiger partial charge in [0.2, 0.25) is 0 Å². The molecule has 0 radical (unpaired) electrons. The molecule has 0 saturated carbocycles. The van der Waals surface area contributed by atoms with Crippen molar-refractivity contribution in [2.75, 3.05) is 0 Å². The van der Waals surface area contributed by atoms with Crippen LogP contribution in [0.15, 0.2) is 30.5 Å². The summed E-state index contributed by atoms with van der Waals surface area (Å²) in [6.45, 7) is 2.73. The number of hydrogen-bond donors (Lipinski definition) is 0. The fourth-order valence-corrected chi connectivity index (χ4v) is 3.06. The number of aromatic nitrogens is 1. The van der Waals surface area contributed by atoms with E-state index in [1.807, 2.05) is 24.3 Å². The van der Waals surface area contributed by atoms with Crippen molar-refractivity contribution in [2.45, 2.75) is 38.9 Å². The number of carbonyl (C=O) groups excluding carboxylic acids is 2. The SMILES string of the molecule is CC(=O)OC1CCc2ccc3ncccc3c2C1OC(C)=O. The van der Waals surface area contributed by atoms with E-state index in [1.165, 1.54) is 13.8 Å². The highest BCUT2D eigenvalue weighted by molar-refractivity contribution is 5.84. The Kier molecular flexibility index (Phi) is 3.79. The van der Waals surface area contributed by atoms with E-state index in [0.29, 0.717) is 6.42 Å². The van der Waals surface area contributed by atoms with Gasteiger partial charge in [0, 0.05) is 31.0 Å². The van der Waals surface area contributed by atoms with Crippen LogP contribution in [0.4, 0.5) is 0 Å². The molecular formula is C17H17NO4. The van der Waals surface area contributed by atoms with Gasteiger partial charge in [-0.1, -0.05) is 12.1 Å². The van der Waals surface area contributed by atoms with Crippen molar-refractivity contribution in [3.05, 3.63) is 41.6 Å². The Morgan fingerprint density at radius 1 is 1.14 bits per heavy atom. The second-order valence-corrected chi connectivity index (χ2v) is 5.43. The molecule has 1 aromatic heterocycles. The number of ether oxygens (including phenoxy) is 2. The molecule has 0 amide bonds. The molecule has 5 nitrogen and oxygen atoms in total. The van der Waals surface area contributed by atoms with Gasteiger partial charge in [-0.3, -0.25) is 14.6 Å². The summed E-state index contributed by atoms with van der Waals surface area (Å²) < 4.78 is 10.9. The van der Waals surface area contributed by atoms with Crippen LogP contribution in [-0.4, -0.2) is 23.0 Å². The third kappa shape index (κ3) is 2.66. The van der Waals surface area contributed by atoms with Crippen LogP contribution in [0.5, 0.6) is 0 Å². The summed E-state index contributed by atoms with van der Waals surface area (Å²) in [5, 5.41) is 0.933. The van der Waals surface area contributed by atoms with Crippen molar-refractivity contribution in [1.29, 1.82) is 0 Å². The molecule has 0 N–H and O–H groups in total. The van der Waals surface area contributed by atoms with Crippen LogP contribution in [0.2, 0.25) is 0 Å². The Morgan fingerprint density at radius 2 is 1.91 bits per heavy atom. The molecule has 0 aliphatic heterocycles. The zero-order valence-electron chi connectivity index (χ0n) is 12.5. The molecular weight excluding hydrogens is 282 g/mol. The Hall–Kier alpha value is -2.43. The predicted molar refractivity (Wildman–Crippen MR) is 80.1 cm³/mol. The molecule has 22 heavy (non-hydrogen) atoms. The minimum Gasteiger partial charge on any atom is -0.458 e. The number of aryl methyl sites for hydroxylation is 1. The van der Waals surface area contributed by atoms with E-state index < -0.39 is 18.2 Å². The van der Waals surface area contributed by atoms with Crippen LogP contribution in [-0.2, 0) is 25.5 Å². The van der Waals surface area contributed by atoms with Crippen LogP contribution in [0.25, 0.3) is 10.9 Å². The molecule has 1 aliphatic carbocycles. The molecule has 5 heteroatoms. The van der Waals surface area contributed by atoms with E-state index >= 15 is 0 Å². The quantitative estimate of drug-likeness (QED) is 0.798. The fourth-order valence-electron chi connectivity index (χ4n) is 3.06. The van der Waals surface area contributed by atoms with Crippen LogP contribution >= 0.6 is 0 Å². The first-order valence-electron chi connectivity index (χ1n) is 7.27. The number of rotatable bonds is 2. The van der Waals surface area contributed by atoms with E-state index in [0.717, 1.165) is 28.5 Å². The number of esters is 2. The summed E-state index contributed by atoms with van der Waals surface area (Å²) in [6.07, 6.45) is 2.09. The average molecular weight is 299 g/mol. The smallest absolute Gasteiger partial charge is 0.303 e. The third-order valence-corrected chi connectivity index (χ3v) is 3.85. The molecule has 3 rings (SSSR count). The van der Waals surface area contributed by atoms with Crippen LogP contribution < -0.4 is 0 Å². The van der Waals surface area contributed by atoms with Crippen molar-refractivity contribution in [2.24, 2.45) is 0 Å². The Bertz CT molecular complexity index is 741. The van der Waals surface area contributed by atoms with Crippen molar-refractivity contribution in [3.8, 4) is 0 Å². The molecule has 2 unspecified atom stereocenters. The van der Waals surface area contributed by atoms with Crippen molar-refractivity contribution in [3.63, 3.8) is 0 Å². The molecule has 0 saturated heterocycles. The largest absolute Gasteiger partial charge is 0.458 e. The van der Waals surface area contributed by atoms with Gasteiger partial charge in [-0.05, 0) is 30.5 Å². The first-order valence-corrected chi connectivity index (χ1v) is 7.27. The monoisotopic (exact) mass is 299 g/mol. The van der Waals surface area contributed by atoms with E-state index in [1.54, 1.807) is 6.20 Å². The molecule has 0 fully saturated rings. The highest BCUT2D eigenvalue weighted by atomic mass is 16.6. The van der Waals surface area contributed by atoms with Gasteiger partial charge in [0.05, 0.1) is 5.52 Å². The highest BCUT2D eigenvalue weighted by Gasteiger charge is 2.35. The van der Waals surface area contributed by atoms with Gasteiger partial charge in [-0.2, -0.15) is 0 Å². The maximum absolute atomic E-state index is 11.5. The van der Waals surface area contributed by atoms with Gasteiger partial charge in [-0.25, -0.2) is 0 Å². The zero-order chi connectivity index (χ0) is 15.7. The molecule has 0 spiro atoms. The van der Waals surface area contributed by atoms with Gasteiger partial charge >= 0.3 is 11.9 Å². The summed E-state index contributed by atoms with van der Waals surface area (Å²) in [5.74, 6) is -0.764. The maximum Gasteiger partial charge on any atom is 0.303 e. The van der Waals surface area contributed by atoms with Crippen molar-refractivity contribution >= 4 is 22.8 Å². The van der Waals surface area contributed by atoms with E-state index in [4.69, 9.17) is 9.47 Å². The Labute approximate surface area is 128 Å². The van der Waals surface area contributed by atoms with Gasteiger partial charge in [-0.15, -0.1) is 0 Å². The molecule has 1 aliphatic rings. The van der Waals surface area contributed by atoms with E-state index in [2.05, 4.69) is 4.98 Å². The molecule has 2 aromatic rings. The summed E-state index contributed by atoms with van der Waals surface area (Å²) in [4.78, 5) is 27.2. The molecule has 2 atom stereocenters. The third-order valence-electron chi connectivity index (χ3n) is 3.85. The first-order chi connectivity index (χ1) is 10.6. The minimum atomic E-state index is -0.585. The molecule has 0 bridgehead atoms. The normalized spacial score (nSPS) is 20.3. The first kappa shape index (κ1) is 14.5. The number of benzene rings is 1. The number of hydrogen-bond acceptors (Lipinski definition) is 5. The number of pyridine rings is 1. The topological polar surface area (TPSA) is 65.5 Å².